The van der Waals surface area contributed by atoms with Crippen molar-refractivity contribution in [2.24, 2.45) is 0 Å². The lowest BCUT2D eigenvalue weighted by atomic mass is 10.2. The Labute approximate surface area is 137 Å². The molecule has 2 amide bonds. The van der Waals surface area contributed by atoms with E-state index in [4.69, 9.17) is 0 Å². The second kappa shape index (κ2) is 7.05. The number of amides is 2. The van der Waals surface area contributed by atoms with Gasteiger partial charge in [0.15, 0.2) is 0 Å². The smallest absolute Gasteiger partial charge is 0.293 e. The predicted molar refractivity (Wildman–Crippen MR) is 86.4 cm³/mol. The number of anilines is 2. The van der Waals surface area contributed by atoms with Gasteiger partial charge in [-0.2, -0.15) is 0 Å². The van der Waals surface area contributed by atoms with Crippen molar-refractivity contribution in [1.82, 2.24) is 19.9 Å². The van der Waals surface area contributed by atoms with E-state index < -0.39 is 11.8 Å². The van der Waals surface area contributed by atoms with E-state index in [9.17, 15) is 9.59 Å². The zero-order valence-corrected chi connectivity index (χ0v) is 12.4. The Morgan fingerprint density at radius 1 is 0.667 bits per heavy atom. The standard InChI is InChI=1S/C16H12N6O2/c23-15(13-17-6-2-7-18-13)21-11-4-1-5-12(10-11)22-16(24)14-19-8-3-9-20-14/h1-10H,(H,21,23)(H,22,24). The molecule has 8 nitrogen and oxygen atoms in total. The molecule has 0 saturated carbocycles. The molecule has 0 saturated heterocycles. The third-order valence-electron chi connectivity index (χ3n) is 2.92. The summed E-state index contributed by atoms with van der Waals surface area (Å²) in [5.41, 5.74) is 0.999. The quantitative estimate of drug-likeness (QED) is 0.758. The van der Waals surface area contributed by atoms with E-state index >= 15 is 0 Å². The molecule has 118 valence electrons. The van der Waals surface area contributed by atoms with Gasteiger partial charge in [0.25, 0.3) is 11.8 Å². The van der Waals surface area contributed by atoms with Crippen molar-refractivity contribution in [3.63, 3.8) is 0 Å². The van der Waals surface area contributed by atoms with E-state index in [0.29, 0.717) is 11.4 Å². The van der Waals surface area contributed by atoms with Gasteiger partial charge in [-0.1, -0.05) is 6.07 Å². The molecule has 0 aliphatic heterocycles. The van der Waals surface area contributed by atoms with Gasteiger partial charge in [-0.3, -0.25) is 9.59 Å². The number of nitrogens with one attached hydrogen (secondary N) is 2. The lowest BCUT2D eigenvalue weighted by Gasteiger charge is -2.07. The summed E-state index contributed by atoms with van der Waals surface area (Å²) in [7, 11) is 0. The number of nitrogens with zero attached hydrogens (tertiary/aromatic N) is 4. The molecule has 0 bridgehead atoms. The molecule has 0 aliphatic carbocycles. The highest BCUT2D eigenvalue weighted by molar-refractivity contribution is 6.03. The molecular formula is C16H12N6O2. The molecule has 0 atom stereocenters. The Balaban J connectivity index is 1.70. The van der Waals surface area contributed by atoms with Crippen LogP contribution in [0, 0.1) is 0 Å². The van der Waals surface area contributed by atoms with E-state index in [1.54, 1.807) is 36.4 Å². The minimum Gasteiger partial charge on any atom is -0.319 e. The lowest BCUT2D eigenvalue weighted by molar-refractivity contribution is 0.101. The van der Waals surface area contributed by atoms with Crippen molar-refractivity contribution in [3.8, 4) is 0 Å². The van der Waals surface area contributed by atoms with Crippen LogP contribution in [-0.2, 0) is 0 Å². The van der Waals surface area contributed by atoms with E-state index in [0.717, 1.165) is 0 Å². The van der Waals surface area contributed by atoms with Gasteiger partial charge in [0.1, 0.15) is 0 Å². The Morgan fingerprint density at radius 3 is 1.50 bits per heavy atom. The van der Waals surface area contributed by atoms with Crippen molar-refractivity contribution >= 4 is 23.2 Å². The largest absolute Gasteiger partial charge is 0.319 e. The first-order chi connectivity index (χ1) is 11.7. The van der Waals surface area contributed by atoms with Gasteiger partial charge in [-0.15, -0.1) is 0 Å². The molecule has 2 N–H and O–H groups in total. The molecule has 0 unspecified atom stereocenters. The highest BCUT2D eigenvalue weighted by Gasteiger charge is 2.11. The van der Waals surface area contributed by atoms with E-state index in [1.807, 2.05) is 0 Å². The summed E-state index contributed by atoms with van der Waals surface area (Å²) in [6.45, 7) is 0. The summed E-state index contributed by atoms with van der Waals surface area (Å²) in [5.74, 6) is -0.759. The summed E-state index contributed by atoms with van der Waals surface area (Å²) >= 11 is 0. The Morgan fingerprint density at radius 2 is 1.08 bits per heavy atom. The zero-order valence-electron chi connectivity index (χ0n) is 12.4. The molecule has 8 heteroatoms. The first-order valence-corrected chi connectivity index (χ1v) is 6.99. The summed E-state index contributed by atoms with van der Waals surface area (Å²) in [6.07, 6.45) is 5.94. The van der Waals surface area contributed by atoms with Crippen LogP contribution in [0.4, 0.5) is 11.4 Å². The first kappa shape index (κ1) is 15.2. The number of carbonyl (C=O) groups excluding carboxylic acids is 2. The van der Waals surface area contributed by atoms with Crippen LogP contribution in [0.15, 0.2) is 61.2 Å². The third kappa shape index (κ3) is 3.74. The number of carbonyl (C=O) groups is 2. The number of aromatic nitrogens is 4. The highest BCUT2D eigenvalue weighted by Crippen LogP contribution is 2.16. The molecular weight excluding hydrogens is 308 g/mol. The number of hydrogen-bond acceptors (Lipinski definition) is 6. The van der Waals surface area contributed by atoms with Crippen LogP contribution in [0.1, 0.15) is 21.2 Å². The Kier molecular flexibility index (Phi) is 4.47. The van der Waals surface area contributed by atoms with E-state index in [-0.39, 0.29) is 11.6 Å². The summed E-state index contributed by atoms with van der Waals surface area (Å²) < 4.78 is 0. The van der Waals surface area contributed by atoms with E-state index in [1.165, 1.54) is 24.8 Å². The maximum Gasteiger partial charge on any atom is 0.293 e. The molecule has 3 rings (SSSR count). The summed E-state index contributed by atoms with van der Waals surface area (Å²) in [4.78, 5) is 39.6. The van der Waals surface area contributed by atoms with Gasteiger partial charge < -0.3 is 10.6 Å². The van der Waals surface area contributed by atoms with E-state index in [2.05, 4.69) is 30.6 Å². The predicted octanol–water partition coefficient (Wildman–Crippen LogP) is 1.77. The van der Waals surface area contributed by atoms with Crippen LogP contribution in [0.2, 0.25) is 0 Å². The Bertz CT molecular complexity index is 786. The topological polar surface area (TPSA) is 110 Å². The molecule has 2 heterocycles. The summed E-state index contributed by atoms with van der Waals surface area (Å²) in [5, 5.41) is 5.33. The molecule has 0 spiro atoms. The van der Waals surface area contributed by atoms with Gasteiger partial charge in [-0.05, 0) is 30.3 Å². The second-order valence-corrected chi connectivity index (χ2v) is 4.63. The molecule has 2 aromatic heterocycles. The average Bonchev–Trinajstić information content (AvgIpc) is 2.63. The fraction of sp³-hybridized carbons (Fsp3) is 0. The van der Waals surface area contributed by atoms with Gasteiger partial charge in [0.2, 0.25) is 11.6 Å². The van der Waals surface area contributed by atoms with Crippen molar-refractivity contribution in [3.05, 3.63) is 72.8 Å². The molecule has 0 radical (unpaired) electrons. The number of hydrogen-bond donors (Lipinski definition) is 2. The molecule has 1 aromatic carbocycles. The van der Waals surface area contributed by atoms with Gasteiger partial charge in [-0.25, -0.2) is 19.9 Å². The van der Waals surface area contributed by atoms with Crippen LogP contribution in [-0.4, -0.2) is 31.8 Å². The minimum atomic E-state index is -0.439. The SMILES string of the molecule is O=C(Nc1cccc(NC(=O)c2ncccn2)c1)c1ncccn1. The second-order valence-electron chi connectivity index (χ2n) is 4.63. The molecule has 24 heavy (non-hydrogen) atoms. The molecule has 3 aromatic rings. The average molecular weight is 320 g/mol. The maximum atomic E-state index is 12.0. The first-order valence-electron chi connectivity index (χ1n) is 6.99. The van der Waals surface area contributed by atoms with Gasteiger partial charge in [0.05, 0.1) is 0 Å². The summed E-state index contributed by atoms with van der Waals surface area (Å²) in [6, 6.07) is 9.94. The van der Waals surface area contributed by atoms with Crippen molar-refractivity contribution in [1.29, 1.82) is 0 Å². The third-order valence-corrected chi connectivity index (χ3v) is 2.92. The van der Waals surface area contributed by atoms with Crippen LogP contribution in [0.5, 0.6) is 0 Å². The highest BCUT2D eigenvalue weighted by atomic mass is 16.2. The van der Waals surface area contributed by atoms with Gasteiger partial charge >= 0.3 is 0 Å². The van der Waals surface area contributed by atoms with Crippen LogP contribution >= 0.6 is 0 Å². The van der Waals surface area contributed by atoms with Crippen molar-refractivity contribution in [2.45, 2.75) is 0 Å². The number of rotatable bonds is 4. The van der Waals surface area contributed by atoms with Crippen LogP contribution < -0.4 is 10.6 Å². The fourth-order valence-electron chi connectivity index (χ4n) is 1.88. The van der Waals surface area contributed by atoms with Crippen LogP contribution in [0.25, 0.3) is 0 Å². The fourth-order valence-corrected chi connectivity index (χ4v) is 1.88. The minimum absolute atomic E-state index is 0.0598. The number of benzene rings is 1. The zero-order chi connectivity index (χ0) is 16.8. The monoisotopic (exact) mass is 320 g/mol. The van der Waals surface area contributed by atoms with Crippen molar-refractivity contribution < 1.29 is 9.59 Å². The Hall–Kier alpha value is -3.68. The lowest BCUT2D eigenvalue weighted by Crippen LogP contribution is -2.17. The van der Waals surface area contributed by atoms with Crippen LogP contribution in [0.3, 0.4) is 0 Å². The van der Waals surface area contributed by atoms with Crippen molar-refractivity contribution in [2.75, 3.05) is 10.6 Å². The van der Waals surface area contributed by atoms with Gasteiger partial charge in [0, 0.05) is 36.2 Å². The molecule has 0 aliphatic rings. The normalized spacial score (nSPS) is 10.0. The maximum absolute atomic E-state index is 12.0. The molecule has 0 fully saturated rings.